The number of carbonyl (C=O) groups is 1. The van der Waals surface area contributed by atoms with Crippen molar-refractivity contribution in [2.45, 2.75) is 25.9 Å². The molecule has 1 aromatic rings. The smallest absolute Gasteiger partial charge is 0.253 e. The molecule has 28 heavy (non-hydrogen) atoms. The van der Waals surface area contributed by atoms with Crippen LogP contribution in [0.5, 0.6) is 0 Å². The summed E-state index contributed by atoms with van der Waals surface area (Å²) in [4.78, 5) is 14.1. The minimum atomic E-state index is -0.354. The van der Waals surface area contributed by atoms with E-state index in [-0.39, 0.29) is 11.5 Å². The number of rotatable bonds is 4. The molecule has 2 aliphatic rings. The normalized spacial score (nSPS) is 26.0. The van der Waals surface area contributed by atoms with Crippen molar-refractivity contribution < 1.29 is 9.53 Å². The number of amides is 1. The summed E-state index contributed by atoms with van der Waals surface area (Å²) in [5.41, 5.74) is 3.42. The van der Waals surface area contributed by atoms with Crippen LogP contribution in [0.4, 0.5) is 0 Å². The summed E-state index contributed by atoms with van der Waals surface area (Å²) in [5, 5.41) is 3.44. The fourth-order valence-electron chi connectivity index (χ4n) is 3.87. The maximum atomic E-state index is 12.4. The second-order valence-corrected chi connectivity index (χ2v) is 7.61. The third-order valence-electron chi connectivity index (χ3n) is 5.82. The lowest BCUT2D eigenvalue weighted by Crippen LogP contribution is -2.50. The van der Waals surface area contributed by atoms with Crippen molar-refractivity contribution in [3.8, 4) is 0 Å². The van der Waals surface area contributed by atoms with Crippen molar-refractivity contribution in [3.63, 3.8) is 0 Å². The highest BCUT2D eigenvalue weighted by atomic mass is 16.5. The average Bonchev–Trinajstić information content (AvgIpc) is 2.71. The topological polar surface area (TPSA) is 41.6 Å². The van der Waals surface area contributed by atoms with Crippen LogP contribution in [-0.4, -0.2) is 43.1 Å². The van der Waals surface area contributed by atoms with Gasteiger partial charge >= 0.3 is 0 Å². The van der Waals surface area contributed by atoms with E-state index < -0.39 is 0 Å². The van der Waals surface area contributed by atoms with Gasteiger partial charge in [0, 0.05) is 43.6 Å². The van der Waals surface area contributed by atoms with Crippen LogP contribution in [0, 0.1) is 5.92 Å². The molecule has 1 saturated heterocycles. The summed E-state index contributed by atoms with van der Waals surface area (Å²) in [6.07, 6.45) is 6.85. The number of ether oxygens (including phenoxy) is 1. The molecule has 1 aromatic carbocycles. The molecule has 4 heteroatoms. The van der Waals surface area contributed by atoms with Crippen LogP contribution in [0.25, 0.3) is 5.57 Å². The highest BCUT2D eigenvalue weighted by molar-refractivity contribution is 5.95. The zero-order valence-corrected chi connectivity index (χ0v) is 17.1. The number of nitrogens with one attached hydrogen (secondary N) is 1. The van der Waals surface area contributed by atoms with Gasteiger partial charge in [-0.15, -0.1) is 0 Å². The molecule has 1 N–H and O–H groups in total. The number of hydrogen-bond donors (Lipinski definition) is 1. The molecule has 4 nitrogen and oxygen atoms in total. The van der Waals surface area contributed by atoms with E-state index in [1.165, 1.54) is 0 Å². The molecule has 2 unspecified atom stereocenters. The first-order chi connectivity index (χ1) is 13.4. The van der Waals surface area contributed by atoms with Gasteiger partial charge in [0.25, 0.3) is 5.91 Å². The van der Waals surface area contributed by atoms with E-state index >= 15 is 0 Å². The maximum absolute atomic E-state index is 12.4. The Bertz CT molecular complexity index is 835. The predicted molar refractivity (Wildman–Crippen MR) is 115 cm³/mol. The van der Waals surface area contributed by atoms with Crippen LogP contribution in [0.2, 0.25) is 0 Å². The van der Waals surface area contributed by atoms with Crippen molar-refractivity contribution in [2.75, 3.05) is 26.7 Å². The Hall–Kier alpha value is -2.59. The Morgan fingerprint density at radius 1 is 1.39 bits per heavy atom. The van der Waals surface area contributed by atoms with Crippen molar-refractivity contribution in [1.29, 1.82) is 0 Å². The van der Waals surface area contributed by atoms with Gasteiger partial charge in [0.05, 0.1) is 0 Å². The van der Waals surface area contributed by atoms with Crippen molar-refractivity contribution >= 4 is 11.5 Å². The van der Waals surface area contributed by atoms with Crippen LogP contribution < -0.4 is 5.32 Å². The Kier molecular flexibility index (Phi) is 5.90. The van der Waals surface area contributed by atoms with E-state index in [9.17, 15) is 4.79 Å². The van der Waals surface area contributed by atoms with E-state index in [1.807, 2.05) is 44.3 Å². The zero-order chi connectivity index (χ0) is 20.3. The van der Waals surface area contributed by atoms with Crippen LogP contribution in [-0.2, 0) is 4.74 Å². The molecule has 148 valence electrons. The Balaban J connectivity index is 2.03. The lowest BCUT2D eigenvalue weighted by Gasteiger charge is -2.45. The number of allylic oxidation sites excluding steroid dienone is 3. The average molecular weight is 379 g/mol. The van der Waals surface area contributed by atoms with Crippen LogP contribution in [0.1, 0.15) is 36.2 Å². The van der Waals surface area contributed by atoms with Gasteiger partial charge in [-0.05, 0) is 42.8 Å². The van der Waals surface area contributed by atoms with Crippen molar-refractivity contribution in [1.82, 2.24) is 10.2 Å². The number of piperidine rings is 1. The molecule has 1 amide bonds. The van der Waals surface area contributed by atoms with E-state index in [0.717, 1.165) is 36.2 Å². The second kappa shape index (κ2) is 8.19. The van der Waals surface area contributed by atoms with Crippen molar-refractivity contribution in [3.05, 3.63) is 78.1 Å². The molecular weight excluding hydrogens is 348 g/mol. The minimum Gasteiger partial charge on any atom is -0.483 e. The molecule has 2 atom stereocenters. The van der Waals surface area contributed by atoms with E-state index in [2.05, 4.69) is 31.5 Å². The van der Waals surface area contributed by atoms with Crippen LogP contribution in [0.15, 0.2) is 67.0 Å². The van der Waals surface area contributed by atoms with E-state index in [1.54, 1.807) is 11.0 Å². The summed E-state index contributed by atoms with van der Waals surface area (Å²) < 4.78 is 6.36. The molecule has 0 aliphatic carbocycles. The van der Waals surface area contributed by atoms with Crippen molar-refractivity contribution in [2.24, 2.45) is 5.92 Å². The Labute approximate surface area is 168 Å². The SMILES string of the molecule is C=C/C=C1\C(=C)OC2(C=C1c1ccc(C(=O)N(C)CC)cc1)CCNCC2C. The summed E-state index contributed by atoms with van der Waals surface area (Å²) >= 11 is 0. The molecule has 0 radical (unpaired) electrons. The van der Waals surface area contributed by atoms with Gasteiger partial charge in [-0.2, -0.15) is 0 Å². The standard InChI is InChI=1S/C24H30N2O2/c1-6-8-21-18(4)28-24(13-14-25-16-17(24)3)15-22(21)19-9-11-20(12-10-19)23(27)26(5)7-2/h6,8-12,15,17,25H,1,4,7,13-14,16H2,2-3,5H3/b21-8+. The molecule has 0 bridgehead atoms. The third kappa shape index (κ3) is 3.69. The van der Waals surface area contributed by atoms with E-state index in [4.69, 9.17) is 4.74 Å². The number of carbonyl (C=O) groups excluding carboxylic acids is 1. The number of nitrogens with zero attached hydrogens (tertiary/aromatic N) is 1. The highest BCUT2D eigenvalue weighted by Gasteiger charge is 2.42. The van der Waals surface area contributed by atoms with Gasteiger partial charge in [-0.1, -0.05) is 44.4 Å². The molecule has 1 spiro atoms. The zero-order valence-electron chi connectivity index (χ0n) is 17.1. The molecular formula is C24H30N2O2. The summed E-state index contributed by atoms with van der Waals surface area (Å²) in [6, 6.07) is 7.81. The quantitative estimate of drug-likeness (QED) is 0.854. The van der Waals surface area contributed by atoms with Gasteiger partial charge < -0.3 is 15.0 Å². The summed E-state index contributed by atoms with van der Waals surface area (Å²) in [6.45, 7) is 14.7. The van der Waals surface area contributed by atoms with Gasteiger partial charge in [-0.3, -0.25) is 4.79 Å². The summed E-state index contributed by atoms with van der Waals surface area (Å²) in [7, 11) is 1.81. The fraction of sp³-hybridized carbons (Fsp3) is 0.375. The van der Waals surface area contributed by atoms with Crippen LogP contribution >= 0.6 is 0 Å². The van der Waals surface area contributed by atoms with Gasteiger partial charge in [0.1, 0.15) is 11.4 Å². The third-order valence-corrected chi connectivity index (χ3v) is 5.82. The fourth-order valence-corrected chi connectivity index (χ4v) is 3.87. The lowest BCUT2D eigenvalue weighted by atomic mass is 9.77. The van der Waals surface area contributed by atoms with E-state index in [0.29, 0.717) is 23.8 Å². The molecule has 0 saturated carbocycles. The lowest BCUT2D eigenvalue weighted by molar-refractivity contribution is -0.0188. The molecule has 3 rings (SSSR count). The first-order valence-electron chi connectivity index (χ1n) is 9.92. The second-order valence-electron chi connectivity index (χ2n) is 7.61. The predicted octanol–water partition coefficient (Wildman–Crippen LogP) is 4.19. The summed E-state index contributed by atoms with van der Waals surface area (Å²) in [5.74, 6) is 1.04. The highest BCUT2D eigenvalue weighted by Crippen LogP contribution is 2.44. The van der Waals surface area contributed by atoms with Crippen LogP contribution in [0.3, 0.4) is 0 Å². The molecule has 0 aromatic heterocycles. The minimum absolute atomic E-state index is 0.0321. The molecule has 1 fully saturated rings. The van der Waals surface area contributed by atoms with Gasteiger partial charge in [0.15, 0.2) is 0 Å². The molecule has 2 aliphatic heterocycles. The largest absolute Gasteiger partial charge is 0.483 e. The monoisotopic (exact) mass is 378 g/mol. The molecule has 2 heterocycles. The Morgan fingerprint density at radius 2 is 2.11 bits per heavy atom. The van der Waals surface area contributed by atoms with Gasteiger partial charge in [0.2, 0.25) is 0 Å². The number of hydrogen-bond acceptors (Lipinski definition) is 3. The first-order valence-corrected chi connectivity index (χ1v) is 9.92. The Morgan fingerprint density at radius 3 is 2.71 bits per heavy atom. The first kappa shape index (κ1) is 20.2. The van der Waals surface area contributed by atoms with Gasteiger partial charge in [-0.25, -0.2) is 0 Å². The number of benzene rings is 1. The maximum Gasteiger partial charge on any atom is 0.253 e.